The van der Waals surface area contributed by atoms with E-state index in [-0.39, 0.29) is 5.25 Å². The highest BCUT2D eigenvalue weighted by Gasteiger charge is 2.29. The van der Waals surface area contributed by atoms with Crippen molar-refractivity contribution in [2.75, 3.05) is 6.26 Å². The lowest BCUT2D eigenvalue weighted by atomic mass is 9.94. The van der Waals surface area contributed by atoms with Gasteiger partial charge in [0.2, 0.25) is 0 Å². The second-order valence-corrected chi connectivity index (χ2v) is 9.80. The fourth-order valence-corrected chi connectivity index (χ4v) is 5.24. The largest absolute Gasteiger partial charge is 0.311 e. The molecule has 0 saturated heterocycles. The summed E-state index contributed by atoms with van der Waals surface area (Å²) in [4.78, 5) is 2.75. The van der Waals surface area contributed by atoms with E-state index in [2.05, 4.69) is 31.3 Å². The molecule has 1 aliphatic carbocycles. The lowest BCUT2D eigenvalue weighted by Crippen LogP contribution is -2.43. The Bertz CT molecular complexity index is 536. The van der Waals surface area contributed by atoms with Gasteiger partial charge < -0.3 is 5.32 Å². The lowest BCUT2D eigenvalue weighted by molar-refractivity contribution is 0.343. The van der Waals surface area contributed by atoms with Crippen molar-refractivity contribution in [2.24, 2.45) is 0 Å². The fraction of sp³-hybridized carbons (Fsp3) is 0.733. The molecule has 1 aromatic rings. The van der Waals surface area contributed by atoms with Crippen LogP contribution in [-0.2, 0) is 16.3 Å². The quantitative estimate of drug-likeness (QED) is 0.909. The zero-order valence-corrected chi connectivity index (χ0v) is 14.2. The van der Waals surface area contributed by atoms with Crippen LogP contribution in [0, 0.1) is 6.92 Å². The monoisotopic (exact) mass is 315 g/mol. The van der Waals surface area contributed by atoms with Crippen LogP contribution in [0.15, 0.2) is 12.1 Å². The molecule has 1 aliphatic rings. The van der Waals surface area contributed by atoms with Crippen LogP contribution in [0.25, 0.3) is 0 Å². The van der Waals surface area contributed by atoms with E-state index in [4.69, 9.17) is 0 Å². The molecule has 1 N–H and O–H groups in total. The van der Waals surface area contributed by atoms with Gasteiger partial charge in [0.05, 0.1) is 5.25 Å². The highest BCUT2D eigenvalue weighted by atomic mass is 32.2. The summed E-state index contributed by atoms with van der Waals surface area (Å²) < 4.78 is 23.4. The zero-order valence-electron chi connectivity index (χ0n) is 12.6. The first-order valence-electron chi connectivity index (χ1n) is 7.35. The maximum absolute atomic E-state index is 11.7. The Balaban J connectivity index is 1.86. The molecule has 0 amide bonds. The molecule has 3 atom stereocenters. The Morgan fingerprint density at radius 1 is 1.40 bits per heavy atom. The van der Waals surface area contributed by atoms with E-state index in [1.165, 1.54) is 16.0 Å². The Labute approximate surface area is 126 Å². The minimum atomic E-state index is -2.89. The Kier molecular flexibility index (Phi) is 5.26. The van der Waals surface area contributed by atoms with Crippen molar-refractivity contribution in [1.82, 2.24) is 5.32 Å². The van der Waals surface area contributed by atoms with Crippen molar-refractivity contribution < 1.29 is 8.42 Å². The van der Waals surface area contributed by atoms with Crippen LogP contribution in [-0.4, -0.2) is 32.0 Å². The second-order valence-electron chi connectivity index (χ2n) is 6.10. The molecule has 0 radical (unpaired) electrons. The minimum absolute atomic E-state index is 0.148. The van der Waals surface area contributed by atoms with Crippen molar-refractivity contribution in [2.45, 2.75) is 63.3 Å². The molecule has 3 unspecified atom stereocenters. The van der Waals surface area contributed by atoms with Crippen LogP contribution < -0.4 is 5.32 Å². The average Bonchev–Trinajstić information content (AvgIpc) is 2.73. The summed E-state index contributed by atoms with van der Waals surface area (Å²) in [5, 5.41) is 3.47. The van der Waals surface area contributed by atoms with E-state index < -0.39 is 9.84 Å². The predicted molar refractivity (Wildman–Crippen MR) is 86.2 cm³/mol. The van der Waals surface area contributed by atoms with Crippen LogP contribution in [0.2, 0.25) is 0 Å². The van der Waals surface area contributed by atoms with Crippen LogP contribution in [0.5, 0.6) is 0 Å². The SMILES string of the molecule is Cc1ccc(CC(C)NC2CCCC(S(C)(=O)=O)C2)s1. The molecule has 1 saturated carbocycles. The van der Waals surface area contributed by atoms with E-state index in [0.717, 1.165) is 32.1 Å². The van der Waals surface area contributed by atoms with Crippen molar-refractivity contribution >= 4 is 21.2 Å². The van der Waals surface area contributed by atoms with Gasteiger partial charge in [0, 0.05) is 28.1 Å². The third-order valence-electron chi connectivity index (χ3n) is 4.06. The van der Waals surface area contributed by atoms with Crippen molar-refractivity contribution in [3.63, 3.8) is 0 Å². The van der Waals surface area contributed by atoms with Gasteiger partial charge in [-0.05, 0) is 51.7 Å². The molecule has 1 fully saturated rings. The van der Waals surface area contributed by atoms with Gasteiger partial charge in [0.15, 0.2) is 0 Å². The Hall–Kier alpha value is -0.390. The van der Waals surface area contributed by atoms with E-state index in [9.17, 15) is 8.42 Å². The summed E-state index contributed by atoms with van der Waals surface area (Å²) in [6.07, 6.45) is 6.11. The second kappa shape index (κ2) is 6.58. The number of hydrogen-bond acceptors (Lipinski definition) is 4. The number of rotatable bonds is 5. The van der Waals surface area contributed by atoms with Gasteiger partial charge in [-0.3, -0.25) is 0 Å². The number of thiophene rings is 1. The molecule has 5 heteroatoms. The van der Waals surface area contributed by atoms with E-state index in [1.54, 1.807) is 0 Å². The topological polar surface area (TPSA) is 46.2 Å². The summed E-state index contributed by atoms with van der Waals surface area (Å²) in [5.41, 5.74) is 0. The van der Waals surface area contributed by atoms with Gasteiger partial charge >= 0.3 is 0 Å². The molecular weight excluding hydrogens is 290 g/mol. The molecule has 3 nitrogen and oxygen atoms in total. The van der Waals surface area contributed by atoms with Gasteiger partial charge in [-0.15, -0.1) is 11.3 Å². The smallest absolute Gasteiger partial charge is 0.150 e. The number of sulfone groups is 1. The molecule has 0 bridgehead atoms. The molecule has 20 heavy (non-hydrogen) atoms. The minimum Gasteiger partial charge on any atom is -0.311 e. The summed E-state index contributed by atoms with van der Waals surface area (Å²) >= 11 is 1.85. The van der Waals surface area contributed by atoms with Gasteiger partial charge in [-0.25, -0.2) is 8.42 Å². The number of aryl methyl sites for hydroxylation is 1. The highest BCUT2D eigenvalue weighted by molar-refractivity contribution is 7.91. The average molecular weight is 316 g/mol. The van der Waals surface area contributed by atoms with Crippen molar-refractivity contribution in [1.29, 1.82) is 0 Å². The maximum atomic E-state index is 11.7. The van der Waals surface area contributed by atoms with E-state index in [0.29, 0.717) is 12.1 Å². The first-order valence-corrected chi connectivity index (χ1v) is 10.1. The molecule has 1 aromatic heterocycles. The maximum Gasteiger partial charge on any atom is 0.150 e. The molecule has 1 heterocycles. The lowest BCUT2D eigenvalue weighted by Gasteiger charge is -2.31. The fourth-order valence-electron chi connectivity index (χ4n) is 3.04. The van der Waals surface area contributed by atoms with Crippen molar-refractivity contribution in [3.05, 3.63) is 21.9 Å². The molecule has 0 spiro atoms. The normalized spacial score (nSPS) is 25.6. The van der Waals surface area contributed by atoms with Crippen LogP contribution in [0.4, 0.5) is 0 Å². The van der Waals surface area contributed by atoms with Gasteiger partial charge in [-0.1, -0.05) is 6.42 Å². The molecular formula is C15H25NO2S2. The third-order valence-corrected chi connectivity index (χ3v) is 6.72. The van der Waals surface area contributed by atoms with E-state index in [1.807, 2.05) is 11.3 Å². The summed E-state index contributed by atoms with van der Waals surface area (Å²) in [5.74, 6) is 0. The van der Waals surface area contributed by atoms with Crippen LogP contribution >= 0.6 is 11.3 Å². The van der Waals surface area contributed by atoms with Crippen molar-refractivity contribution in [3.8, 4) is 0 Å². The van der Waals surface area contributed by atoms with E-state index >= 15 is 0 Å². The summed E-state index contributed by atoms with van der Waals surface area (Å²) in [7, 11) is -2.89. The first kappa shape index (κ1) is 16.0. The van der Waals surface area contributed by atoms with Crippen LogP contribution in [0.3, 0.4) is 0 Å². The summed E-state index contributed by atoms with van der Waals surface area (Å²) in [6.45, 7) is 4.32. The highest BCUT2D eigenvalue weighted by Crippen LogP contribution is 2.25. The number of nitrogens with one attached hydrogen (secondary N) is 1. The van der Waals surface area contributed by atoms with Gasteiger partial charge in [0.1, 0.15) is 9.84 Å². The van der Waals surface area contributed by atoms with Gasteiger partial charge in [-0.2, -0.15) is 0 Å². The van der Waals surface area contributed by atoms with Gasteiger partial charge in [0.25, 0.3) is 0 Å². The third kappa shape index (κ3) is 4.57. The molecule has 0 aromatic carbocycles. The Morgan fingerprint density at radius 2 is 2.15 bits per heavy atom. The first-order chi connectivity index (χ1) is 9.34. The summed E-state index contributed by atoms with van der Waals surface area (Å²) in [6, 6.07) is 5.10. The number of hydrogen-bond donors (Lipinski definition) is 1. The van der Waals surface area contributed by atoms with Crippen LogP contribution in [0.1, 0.15) is 42.4 Å². The zero-order chi connectivity index (χ0) is 14.8. The molecule has 2 rings (SSSR count). The predicted octanol–water partition coefficient (Wildman–Crippen LogP) is 2.93. The molecule has 0 aliphatic heterocycles. The molecule has 114 valence electrons. The standard InChI is InChI=1S/C15H25NO2S2/c1-11(9-14-8-7-12(2)19-14)16-13-5-4-6-15(10-13)20(3,17)18/h7-8,11,13,15-16H,4-6,9-10H2,1-3H3. The Morgan fingerprint density at radius 3 is 2.75 bits per heavy atom.